The van der Waals surface area contributed by atoms with E-state index < -0.39 is 0 Å². The highest BCUT2D eigenvalue weighted by Gasteiger charge is 2.13. The topological polar surface area (TPSA) is 24.9 Å². The van der Waals surface area contributed by atoms with Gasteiger partial charge in [0.25, 0.3) is 0 Å². The summed E-state index contributed by atoms with van der Waals surface area (Å²) in [5, 5.41) is 7.00. The van der Waals surface area contributed by atoms with Crippen molar-refractivity contribution in [1.29, 1.82) is 0 Å². The third-order valence-corrected chi connectivity index (χ3v) is 5.16. The Morgan fingerprint density at radius 1 is 1.24 bits per heavy atom. The number of thioether (sulfide) groups is 1. The van der Waals surface area contributed by atoms with Crippen molar-refractivity contribution in [2.45, 2.75) is 44.6 Å². The fraction of sp³-hybridized carbons (Fsp3) is 0.471. The number of benzene rings is 1. The molecule has 0 bridgehead atoms. The van der Waals surface area contributed by atoms with Crippen LogP contribution in [0.1, 0.15) is 42.6 Å². The Labute approximate surface area is 136 Å². The fourth-order valence-electron chi connectivity index (χ4n) is 2.26. The first-order valence-corrected chi connectivity index (χ1v) is 9.46. The van der Waals surface area contributed by atoms with Crippen LogP contribution in [0.4, 0.5) is 0 Å². The van der Waals surface area contributed by atoms with Gasteiger partial charge in [0.1, 0.15) is 0 Å². The SMILES string of the molecule is CCCNC(Cc1nc(C)cs1)c1ccc(SCC)cc1. The fourth-order valence-corrected chi connectivity index (χ4v) is 3.74. The van der Waals surface area contributed by atoms with Crippen LogP contribution in [0.15, 0.2) is 34.5 Å². The zero-order chi connectivity index (χ0) is 15.1. The molecule has 1 aromatic carbocycles. The molecule has 0 amide bonds. The molecule has 0 aliphatic heterocycles. The standard InChI is InChI=1S/C17H24N2S2/c1-4-10-18-16(11-17-19-13(3)12-21-17)14-6-8-15(9-7-14)20-5-2/h6-9,12,16,18H,4-5,10-11H2,1-3H3. The van der Waals surface area contributed by atoms with Crippen molar-refractivity contribution in [3.63, 3.8) is 0 Å². The van der Waals surface area contributed by atoms with Crippen molar-refractivity contribution >= 4 is 23.1 Å². The molecule has 0 radical (unpaired) electrons. The second-order valence-electron chi connectivity index (χ2n) is 5.10. The molecule has 0 aliphatic rings. The lowest BCUT2D eigenvalue weighted by Crippen LogP contribution is -2.24. The first kappa shape index (κ1) is 16.5. The summed E-state index contributed by atoms with van der Waals surface area (Å²) in [7, 11) is 0. The second kappa shape index (κ2) is 8.57. The maximum atomic E-state index is 4.61. The normalized spacial score (nSPS) is 12.5. The molecule has 1 aromatic heterocycles. The average molecular weight is 321 g/mol. The highest BCUT2D eigenvalue weighted by molar-refractivity contribution is 7.99. The van der Waals surface area contributed by atoms with Crippen LogP contribution in [0.3, 0.4) is 0 Å². The minimum atomic E-state index is 0.358. The molecule has 1 atom stereocenters. The monoisotopic (exact) mass is 320 g/mol. The Hall–Kier alpha value is -0.840. The molecule has 2 rings (SSSR count). The van der Waals surface area contributed by atoms with Crippen LogP contribution in [0.25, 0.3) is 0 Å². The van der Waals surface area contributed by atoms with Gasteiger partial charge in [-0.2, -0.15) is 0 Å². The summed E-state index contributed by atoms with van der Waals surface area (Å²) in [5.74, 6) is 1.12. The molecule has 21 heavy (non-hydrogen) atoms. The minimum Gasteiger partial charge on any atom is -0.310 e. The summed E-state index contributed by atoms with van der Waals surface area (Å²) < 4.78 is 0. The van der Waals surface area contributed by atoms with Gasteiger partial charge in [0.15, 0.2) is 0 Å². The van der Waals surface area contributed by atoms with E-state index >= 15 is 0 Å². The zero-order valence-electron chi connectivity index (χ0n) is 13.1. The molecule has 0 saturated carbocycles. The highest BCUT2D eigenvalue weighted by Crippen LogP contribution is 2.24. The smallest absolute Gasteiger partial charge is 0.0947 e. The van der Waals surface area contributed by atoms with E-state index in [1.165, 1.54) is 15.5 Å². The van der Waals surface area contributed by atoms with Crippen molar-refractivity contribution in [1.82, 2.24) is 10.3 Å². The van der Waals surface area contributed by atoms with E-state index in [1.807, 2.05) is 11.8 Å². The lowest BCUT2D eigenvalue weighted by molar-refractivity contribution is 0.528. The Bertz CT molecular complexity index is 534. The Kier molecular flexibility index (Phi) is 6.74. The van der Waals surface area contributed by atoms with Crippen molar-refractivity contribution in [3.8, 4) is 0 Å². The summed E-state index contributed by atoms with van der Waals surface area (Å²) in [6.07, 6.45) is 2.12. The molecule has 2 nitrogen and oxygen atoms in total. The number of rotatable bonds is 8. The van der Waals surface area contributed by atoms with Gasteiger partial charge >= 0.3 is 0 Å². The quantitative estimate of drug-likeness (QED) is 0.704. The zero-order valence-corrected chi connectivity index (χ0v) is 14.7. The van der Waals surface area contributed by atoms with E-state index in [0.29, 0.717) is 6.04 Å². The molecular formula is C17H24N2S2. The van der Waals surface area contributed by atoms with E-state index in [4.69, 9.17) is 0 Å². The van der Waals surface area contributed by atoms with Crippen molar-refractivity contribution in [2.75, 3.05) is 12.3 Å². The summed E-state index contributed by atoms with van der Waals surface area (Å²) in [5.41, 5.74) is 2.48. The van der Waals surface area contributed by atoms with Gasteiger partial charge < -0.3 is 5.32 Å². The molecule has 4 heteroatoms. The molecule has 0 fully saturated rings. The predicted octanol–water partition coefficient (Wildman–Crippen LogP) is 4.85. The maximum Gasteiger partial charge on any atom is 0.0947 e. The highest BCUT2D eigenvalue weighted by atomic mass is 32.2. The van der Waals surface area contributed by atoms with Gasteiger partial charge in [-0.25, -0.2) is 4.98 Å². The Morgan fingerprint density at radius 3 is 2.57 bits per heavy atom. The molecule has 0 aliphatic carbocycles. The largest absolute Gasteiger partial charge is 0.310 e. The summed E-state index contributed by atoms with van der Waals surface area (Å²) >= 11 is 3.65. The molecule has 0 saturated heterocycles. The number of nitrogens with one attached hydrogen (secondary N) is 1. The molecule has 2 aromatic rings. The average Bonchev–Trinajstić information content (AvgIpc) is 2.90. The van der Waals surface area contributed by atoms with E-state index in [2.05, 4.69) is 60.7 Å². The lowest BCUT2D eigenvalue weighted by Gasteiger charge is -2.18. The van der Waals surface area contributed by atoms with E-state index in [0.717, 1.165) is 30.8 Å². The second-order valence-corrected chi connectivity index (χ2v) is 7.38. The third kappa shape index (κ3) is 5.13. The Balaban J connectivity index is 2.10. The van der Waals surface area contributed by atoms with Crippen LogP contribution >= 0.6 is 23.1 Å². The van der Waals surface area contributed by atoms with Gasteiger partial charge in [-0.1, -0.05) is 26.0 Å². The number of aromatic nitrogens is 1. The van der Waals surface area contributed by atoms with E-state index in [-0.39, 0.29) is 0 Å². The molecule has 1 unspecified atom stereocenters. The molecule has 1 N–H and O–H groups in total. The number of nitrogens with zero attached hydrogens (tertiary/aromatic N) is 1. The summed E-state index contributed by atoms with van der Waals surface area (Å²) in [4.78, 5) is 5.95. The van der Waals surface area contributed by atoms with Gasteiger partial charge in [-0.3, -0.25) is 0 Å². The summed E-state index contributed by atoms with van der Waals surface area (Å²) in [6, 6.07) is 9.34. The number of hydrogen-bond donors (Lipinski definition) is 1. The van der Waals surface area contributed by atoms with Gasteiger partial charge in [-0.05, 0) is 43.3 Å². The first-order chi connectivity index (χ1) is 10.2. The number of aryl methyl sites for hydroxylation is 1. The van der Waals surface area contributed by atoms with Gasteiger partial charge in [0, 0.05) is 28.4 Å². The summed E-state index contributed by atoms with van der Waals surface area (Å²) in [6.45, 7) is 7.50. The van der Waals surface area contributed by atoms with Gasteiger partial charge in [-0.15, -0.1) is 23.1 Å². The first-order valence-electron chi connectivity index (χ1n) is 7.60. The van der Waals surface area contributed by atoms with E-state index in [9.17, 15) is 0 Å². The molecular weight excluding hydrogens is 296 g/mol. The number of thiazole rings is 1. The van der Waals surface area contributed by atoms with E-state index in [1.54, 1.807) is 11.3 Å². The van der Waals surface area contributed by atoms with Gasteiger partial charge in [0.05, 0.1) is 5.01 Å². The molecule has 114 valence electrons. The Morgan fingerprint density at radius 2 is 2.00 bits per heavy atom. The van der Waals surface area contributed by atoms with Crippen LogP contribution < -0.4 is 5.32 Å². The van der Waals surface area contributed by atoms with Crippen molar-refractivity contribution < 1.29 is 0 Å². The molecule has 1 heterocycles. The maximum absolute atomic E-state index is 4.61. The van der Waals surface area contributed by atoms with Crippen molar-refractivity contribution in [3.05, 3.63) is 45.9 Å². The van der Waals surface area contributed by atoms with Crippen molar-refractivity contribution in [2.24, 2.45) is 0 Å². The van der Waals surface area contributed by atoms with Crippen LogP contribution in [0.2, 0.25) is 0 Å². The van der Waals surface area contributed by atoms with Crippen LogP contribution in [-0.4, -0.2) is 17.3 Å². The minimum absolute atomic E-state index is 0.358. The number of hydrogen-bond acceptors (Lipinski definition) is 4. The molecule has 0 spiro atoms. The van der Waals surface area contributed by atoms with Crippen LogP contribution in [0, 0.1) is 6.92 Å². The van der Waals surface area contributed by atoms with Crippen LogP contribution in [-0.2, 0) is 6.42 Å². The predicted molar refractivity (Wildman–Crippen MR) is 94.4 cm³/mol. The van der Waals surface area contributed by atoms with Crippen LogP contribution in [0.5, 0.6) is 0 Å². The lowest BCUT2D eigenvalue weighted by atomic mass is 10.0. The third-order valence-electron chi connectivity index (χ3n) is 3.28. The van der Waals surface area contributed by atoms with Gasteiger partial charge in [0.2, 0.25) is 0 Å².